The zero-order chi connectivity index (χ0) is 21.8. The van der Waals surface area contributed by atoms with Gasteiger partial charge in [0.25, 0.3) is 11.8 Å². The predicted molar refractivity (Wildman–Crippen MR) is 119 cm³/mol. The van der Waals surface area contributed by atoms with Gasteiger partial charge in [-0.05, 0) is 49.9 Å². The Morgan fingerprint density at radius 2 is 1.61 bits per heavy atom. The van der Waals surface area contributed by atoms with Gasteiger partial charge in [-0.25, -0.2) is 0 Å². The van der Waals surface area contributed by atoms with Crippen molar-refractivity contribution in [3.8, 4) is 11.5 Å². The smallest absolute Gasteiger partial charge is 0.278 e. The van der Waals surface area contributed by atoms with Crippen LogP contribution in [0.15, 0.2) is 54.2 Å². The monoisotopic (exact) mass is 420 g/mol. The quantitative estimate of drug-likeness (QED) is 0.637. The van der Waals surface area contributed by atoms with Crippen LogP contribution in [0.2, 0.25) is 0 Å². The van der Waals surface area contributed by atoms with E-state index in [0.717, 1.165) is 49.2 Å². The molecule has 0 N–H and O–H groups in total. The summed E-state index contributed by atoms with van der Waals surface area (Å²) in [6, 6.07) is 14.9. The Balaban J connectivity index is 1.71. The summed E-state index contributed by atoms with van der Waals surface area (Å²) in [4.78, 5) is 30.5. The largest absolute Gasteiger partial charge is 0.496 e. The lowest BCUT2D eigenvalue weighted by Gasteiger charge is -2.29. The molecule has 1 saturated heterocycles. The van der Waals surface area contributed by atoms with Crippen LogP contribution in [0.4, 0.5) is 0 Å². The molecule has 0 unspecified atom stereocenters. The molecule has 0 spiro atoms. The van der Waals surface area contributed by atoms with Crippen LogP contribution in [0.3, 0.4) is 0 Å². The number of rotatable bonds is 7. The summed E-state index contributed by atoms with van der Waals surface area (Å²) < 4.78 is 11.0. The Morgan fingerprint density at radius 1 is 0.903 bits per heavy atom. The van der Waals surface area contributed by atoms with E-state index in [1.165, 1.54) is 4.90 Å². The van der Waals surface area contributed by atoms with Crippen molar-refractivity contribution in [3.05, 3.63) is 65.4 Å². The molecule has 6 heteroatoms. The molecule has 2 aliphatic rings. The standard InChI is InChI=1S/C25H28N2O4/c1-3-31-20-13-11-18(12-14-20)22-23(26-15-7-4-8-16-26)25(29)27(24(22)28)17-19-9-5-6-10-21(19)30-2/h5-6,9-14H,3-4,7-8,15-17H2,1-2H3. The maximum atomic E-state index is 13.5. The molecule has 1 fully saturated rings. The van der Waals surface area contributed by atoms with Crippen molar-refractivity contribution in [2.45, 2.75) is 32.7 Å². The second kappa shape index (κ2) is 9.25. The van der Waals surface area contributed by atoms with Crippen LogP contribution in [-0.4, -0.2) is 48.4 Å². The number of carbonyl (C=O) groups excluding carboxylic acids is 2. The number of imide groups is 1. The molecule has 2 aromatic rings. The number of para-hydroxylation sites is 1. The number of amides is 2. The van der Waals surface area contributed by atoms with Crippen molar-refractivity contribution < 1.29 is 19.1 Å². The van der Waals surface area contributed by atoms with E-state index < -0.39 is 0 Å². The molecule has 2 heterocycles. The summed E-state index contributed by atoms with van der Waals surface area (Å²) in [5.41, 5.74) is 2.54. The van der Waals surface area contributed by atoms with Gasteiger partial charge in [0.05, 0.1) is 25.8 Å². The molecule has 0 saturated carbocycles. The summed E-state index contributed by atoms with van der Waals surface area (Å²) in [6.07, 6.45) is 3.19. The van der Waals surface area contributed by atoms with Crippen molar-refractivity contribution in [1.29, 1.82) is 0 Å². The van der Waals surface area contributed by atoms with E-state index in [1.807, 2.05) is 55.5 Å². The van der Waals surface area contributed by atoms with Gasteiger partial charge in [0.1, 0.15) is 17.2 Å². The minimum atomic E-state index is -0.263. The molecule has 2 amide bonds. The highest BCUT2D eigenvalue weighted by Gasteiger charge is 2.42. The number of benzene rings is 2. The van der Waals surface area contributed by atoms with Gasteiger partial charge in [-0.2, -0.15) is 0 Å². The van der Waals surface area contributed by atoms with E-state index in [9.17, 15) is 9.59 Å². The van der Waals surface area contributed by atoms with Crippen LogP contribution in [0.1, 0.15) is 37.3 Å². The summed E-state index contributed by atoms with van der Waals surface area (Å²) in [5, 5.41) is 0. The van der Waals surface area contributed by atoms with E-state index in [0.29, 0.717) is 23.6 Å². The molecule has 6 nitrogen and oxygen atoms in total. The van der Waals surface area contributed by atoms with Gasteiger partial charge in [0.15, 0.2) is 0 Å². The Bertz CT molecular complexity index is 991. The van der Waals surface area contributed by atoms with Gasteiger partial charge in [0, 0.05) is 18.7 Å². The summed E-state index contributed by atoms with van der Waals surface area (Å²) in [6.45, 7) is 4.26. The highest BCUT2D eigenvalue weighted by atomic mass is 16.5. The Hall–Kier alpha value is -3.28. The molecule has 2 aliphatic heterocycles. The molecule has 0 radical (unpaired) electrons. The lowest BCUT2D eigenvalue weighted by atomic mass is 10.0. The number of likely N-dealkylation sites (tertiary alicyclic amines) is 1. The molecule has 0 aromatic heterocycles. The van der Waals surface area contributed by atoms with Crippen molar-refractivity contribution in [1.82, 2.24) is 9.80 Å². The first-order valence-corrected chi connectivity index (χ1v) is 10.8. The molecular formula is C25H28N2O4. The van der Waals surface area contributed by atoms with Gasteiger partial charge in [-0.3, -0.25) is 14.5 Å². The second-order valence-corrected chi connectivity index (χ2v) is 7.74. The first-order valence-electron chi connectivity index (χ1n) is 10.8. The number of hydrogen-bond donors (Lipinski definition) is 0. The van der Waals surface area contributed by atoms with Crippen molar-refractivity contribution in [2.75, 3.05) is 26.8 Å². The number of hydrogen-bond acceptors (Lipinski definition) is 5. The van der Waals surface area contributed by atoms with Crippen molar-refractivity contribution >= 4 is 17.4 Å². The van der Waals surface area contributed by atoms with Gasteiger partial charge >= 0.3 is 0 Å². The predicted octanol–water partition coefficient (Wildman–Crippen LogP) is 3.86. The van der Waals surface area contributed by atoms with Gasteiger partial charge < -0.3 is 14.4 Å². The van der Waals surface area contributed by atoms with E-state index in [4.69, 9.17) is 9.47 Å². The maximum absolute atomic E-state index is 13.5. The lowest BCUT2D eigenvalue weighted by Crippen LogP contribution is -2.37. The normalized spacial score (nSPS) is 16.8. The van der Waals surface area contributed by atoms with Crippen LogP contribution >= 0.6 is 0 Å². The van der Waals surface area contributed by atoms with Crippen LogP contribution < -0.4 is 9.47 Å². The van der Waals surface area contributed by atoms with Gasteiger partial charge in [-0.1, -0.05) is 30.3 Å². The summed E-state index contributed by atoms with van der Waals surface area (Å²) in [5.74, 6) is 0.911. The first-order chi connectivity index (χ1) is 15.1. The molecular weight excluding hydrogens is 392 g/mol. The third kappa shape index (κ3) is 4.15. The molecule has 0 aliphatic carbocycles. The zero-order valence-corrected chi connectivity index (χ0v) is 18.1. The average Bonchev–Trinajstić information content (AvgIpc) is 3.05. The Morgan fingerprint density at radius 3 is 2.29 bits per heavy atom. The molecule has 31 heavy (non-hydrogen) atoms. The lowest BCUT2D eigenvalue weighted by molar-refractivity contribution is -0.138. The molecule has 4 rings (SSSR count). The van der Waals surface area contributed by atoms with Gasteiger partial charge in [-0.15, -0.1) is 0 Å². The number of piperidine rings is 1. The minimum absolute atomic E-state index is 0.180. The minimum Gasteiger partial charge on any atom is -0.496 e. The third-order valence-electron chi connectivity index (χ3n) is 5.79. The third-order valence-corrected chi connectivity index (χ3v) is 5.79. The van der Waals surface area contributed by atoms with E-state index >= 15 is 0 Å². The van der Waals surface area contributed by atoms with E-state index in [1.54, 1.807) is 7.11 Å². The number of methoxy groups -OCH3 is 1. The maximum Gasteiger partial charge on any atom is 0.278 e. The number of ether oxygens (including phenoxy) is 2. The highest BCUT2D eigenvalue weighted by Crippen LogP contribution is 2.35. The first kappa shape index (κ1) is 21.0. The average molecular weight is 421 g/mol. The summed E-state index contributed by atoms with van der Waals surface area (Å²) in [7, 11) is 1.59. The molecule has 0 atom stereocenters. The molecule has 0 bridgehead atoms. The fraction of sp³-hybridized carbons (Fsp3) is 0.360. The van der Waals surface area contributed by atoms with Crippen molar-refractivity contribution in [3.63, 3.8) is 0 Å². The Labute approximate surface area is 183 Å². The Kier molecular flexibility index (Phi) is 6.26. The fourth-order valence-electron chi connectivity index (χ4n) is 4.27. The second-order valence-electron chi connectivity index (χ2n) is 7.74. The molecule has 2 aromatic carbocycles. The van der Waals surface area contributed by atoms with Crippen LogP contribution in [0, 0.1) is 0 Å². The van der Waals surface area contributed by atoms with Crippen molar-refractivity contribution in [2.24, 2.45) is 0 Å². The molecule has 162 valence electrons. The number of carbonyl (C=O) groups is 2. The van der Waals surface area contributed by atoms with E-state index in [-0.39, 0.29) is 18.4 Å². The summed E-state index contributed by atoms with van der Waals surface area (Å²) >= 11 is 0. The van der Waals surface area contributed by atoms with Crippen LogP contribution in [-0.2, 0) is 16.1 Å². The van der Waals surface area contributed by atoms with Gasteiger partial charge in [0.2, 0.25) is 0 Å². The van der Waals surface area contributed by atoms with Crippen LogP contribution in [0.5, 0.6) is 11.5 Å². The SMILES string of the molecule is CCOc1ccc(C2=C(N3CCCCC3)C(=O)N(Cc3ccccc3OC)C2=O)cc1. The number of nitrogens with zero attached hydrogens (tertiary/aromatic N) is 2. The fourth-order valence-corrected chi connectivity index (χ4v) is 4.27. The van der Waals surface area contributed by atoms with Crippen LogP contribution in [0.25, 0.3) is 5.57 Å². The zero-order valence-electron chi connectivity index (χ0n) is 18.1. The van der Waals surface area contributed by atoms with E-state index in [2.05, 4.69) is 4.90 Å². The highest BCUT2D eigenvalue weighted by molar-refractivity contribution is 6.35. The topological polar surface area (TPSA) is 59.1 Å².